The number of likely N-dealkylation sites (tertiary alicyclic amines) is 1. The van der Waals surface area contributed by atoms with Gasteiger partial charge in [0.25, 0.3) is 5.91 Å². The van der Waals surface area contributed by atoms with Crippen molar-refractivity contribution in [2.75, 3.05) is 32.8 Å². The summed E-state index contributed by atoms with van der Waals surface area (Å²) < 4.78 is 11.5. The summed E-state index contributed by atoms with van der Waals surface area (Å²) in [6.45, 7) is 6.25. The van der Waals surface area contributed by atoms with Crippen LogP contribution in [0.1, 0.15) is 44.6 Å². The average molecular weight is 346 g/mol. The molecule has 1 saturated carbocycles. The topological polar surface area (TPSA) is 50.8 Å². The SMILES string of the molecule is CCOc1cc(CNCC2CC2)ccc1OCC(=O)N1CCCCC1. The number of carbonyl (C=O) groups is 1. The van der Waals surface area contributed by atoms with Crippen molar-refractivity contribution in [3.05, 3.63) is 23.8 Å². The van der Waals surface area contributed by atoms with Gasteiger partial charge in [0, 0.05) is 19.6 Å². The lowest BCUT2D eigenvalue weighted by atomic mass is 10.1. The zero-order valence-corrected chi connectivity index (χ0v) is 15.3. The minimum atomic E-state index is 0.0670. The smallest absolute Gasteiger partial charge is 0.260 e. The third-order valence-electron chi connectivity index (χ3n) is 4.83. The largest absolute Gasteiger partial charge is 0.490 e. The lowest BCUT2D eigenvalue weighted by molar-refractivity contribution is -0.134. The molecule has 0 unspecified atom stereocenters. The Bertz CT molecular complexity index is 566. The van der Waals surface area contributed by atoms with Crippen LogP contribution in [0.5, 0.6) is 11.5 Å². The molecule has 2 aliphatic rings. The Hall–Kier alpha value is -1.75. The Balaban J connectivity index is 1.53. The van der Waals surface area contributed by atoms with Crippen molar-refractivity contribution < 1.29 is 14.3 Å². The van der Waals surface area contributed by atoms with Crippen molar-refractivity contribution in [3.8, 4) is 11.5 Å². The highest BCUT2D eigenvalue weighted by atomic mass is 16.5. The van der Waals surface area contributed by atoms with E-state index >= 15 is 0 Å². The molecule has 0 atom stereocenters. The van der Waals surface area contributed by atoms with Crippen LogP contribution in [0, 0.1) is 5.92 Å². The van der Waals surface area contributed by atoms with Crippen LogP contribution in [0.4, 0.5) is 0 Å². The Morgan fingerprint density at radius 2 is 1.96 bits per heavy atom. The monoisotopic (exact) mass is 346 g/mol. The molecule has 3 rings (SSSR count). The number of amides is 1. The second-order valence-corrected chi connectivity index (χ2v) is 7.02. The molecular formula is C20H30N2O3. The molecule has 1 amide bonds. The summed E-state index contributed by atoms with van der Waals surface area (Å²) in [4.78, 5) is 14.2. The first-order valence-electron chi connectivity index (χ1n) is 9.63. The molecule has 1 N–H and O–H groups in total. The number of benzene rings is 1. The quantitative estimate of drug-likeness (QED) is 0.747. The maximum Gasteiger partial charge on any atom is 0.260 e. The first-order valence-corrected chi connectivity index (χ1v) is 9.63. The fourth-order valence-corrected chi connectivity index (χ4v) is 3.17. The number of hydrogen-bond donors (Lipinski definition) is 1. The third kappa shape index (κ3) is 5.63. The van der Waals surface area contributed by atoms with Crippen LogP contribution in [-0.4, -0.2) is 43.7 Å². The van der Waals surface area contributed by atoms with E-state index in [1.807, 2.05) is 30.0 Å². The highest BCUT2D eigenvalue weighted by molar-refractivity contribution is 5.78. The average Bonchev–Trinajstić information content (AvgIpc) is 3.46. The van der Waals surface area contributed by atoms with Crippen molar-refractivity contribution >= 4 is 5.91 Å². The van der Waals surface area contributed by atoms with Gasteiger partial charge in [0.1, 0.15) is 0 Å². The van der Waals surface area contributed by atoms with Crippen LogP contribution < -0.4 is 14.8 Å². The molecule has 0 radical (unpaired) electrons. The van der Waals surface area contributed by atoms with Gasteiger partial charge in [-0.05, 0) is 69.2 Å². The standard InChI is InChI=1S/C20H30N2O3/c1-2-24-19-12-17(14-21-13-16-6-7-16)8-9-18(19)25-15-20(23)22-10-4-3-5-11-22/h8-9,12,16,21H,2-7,10-11,13-15H2,1H3. The number of hydrogen-bond acceptors (Lipinski definition) is 4. The summed E-state index contributed by atoms with van der Waals surface area (Å²) in [6.07, 6.45) is 6.12. The van der Waals surface area contributed by atoms with E-state index in [-0.39, 0.29) is 12.5 Å². The van der Waals surface area contributed by atoms with Gasteiger partial charge in [-0.2, -0.15) is 0 Å². The van der Waals surface area contributed by atoms with E-state index in [4.69, 9.17) is 9.47 Å². The minimum absolute atomic E-state index is 0.0670. The van der Waals surface area contributed by atoms with Crippen molar-refractivity contribution in [3.63, 3.8) is 0 Å². The molecule has 1 aromatic rings. The molecule has 5 nitrogen and oxygen atoms in total. The molecule has 1 aromatic carbocycles. The summed E-state index contributed by atoms with van der Waals surface area (Å²) in [5.41, 5.74) is 1.18. The number of rotatable bonds is 9. The fourth-order valence-electron chi connectivity index (χ4n) is 3.17. The molecular weight excluding hydrogens is 316 g/mol. The highest BCUT2D eigenvalue weighted by Gasteiger charge is 2.20. The number of piperidine rings is 1. The lowest BCUT2D eigenvalue weighted by Gasteiger charge is -2.26. The molecule has 1 aliphatic carbocycles. The van der Waals surface area contributed by atoms with Crippen LogP contribution in [0.25, 0.3) is 0 Å². The van der Waals surface area contributed by atoms with Gasteiger partial charge in [-0.3, -0.25) is 4.79 Å². The predicted octanol–water partition coefficient (Wildman–Crippen LogP) is 2.98. The first-order chi connectivity index (χ1) is 12.3. The van der Waals surface area contributed by atoms with E-state index in [2.05, 4.69) is 5.32 Å². The van der Waals surface area contributed by atoms with Gasteiger partial charge in [-0.25, -0.2) is 0 Å². The van der Waals surface area contributed by atoms with E-state index in [1.54, 1.807) is 0 Å². The number of ether oxygens (including phenoxy) is 2. The van der Waals surface area contributed by atoms with Gasteiger partial charge >= 0.3 is 0 Å². The van der Waals surface area contributed by atoms with Gasteiger partial charge in [-0.1, -0.05) is 6.07 Å². The Morgan fingerprint density at radius 1 is 1.16 bits per heavy atom. The second-order valence-electron chi connectivity index (χ2n) is 7.02. The maximum atomic E-state index is 12.3. The molecule has 0 aromatic heterocycles. The predicted molar refractivity (Wildman–Crippen MR) is 98.0 cm³/mol. The first kappa shape index (κ1) is 18.1. The van der Waals surface area contributed by atoms with E-state index in [1.165, 1.54) is 24.8 Å². The van der Waals surface area contributed by atoms with Gasteiger partial charge < -0.3 is 19.7 Å². The molecule has 0 spiro atoms. The Morgan fingerprint density at radius 3 is 2.68 bits per heavy atom. The van der Waals surface area contributed by atoms with E-state index in [0.717, 1.165) is 50.7 Å². The summed E-state index contributed by atoms with van der Waals surface area (Å²) in [5, 5.41) is 3.49. The summed E-state index contributed by atoms with van der Waals surface area (Å²) in [5.74, 6) is 2.31. The van der Waals surface area contributed by atoms with Crippen molar-refractivity contribution in [1.29, 1.82) is 0 Å². The molecule has 1 saturated heterocycles. The fraction of sp³-hybridized carbons (Fsp3) is 0.650. The molecule has 138 valence electrons. The van der Waals surface area contributed by atoms with Crippen LogP contribution in [0.2, 0.25) is 0 Å². The third-order valence-corrected chi connectivity index (χ3v) is 4.83. The Kier molecular flexibility index (Phi) is 6.56. The summed E-state index contributed by atoms with van der Waals surface area (Å²) >= 11 is 0. The van der Waals surface area contributed by atoms with Gasteiger partial charge in [0.15, 0.2) is 18.1 Å². The highest BCUT2D eigenvalue weighted by Crippen LogP contribution is 2.30. The summed E-state index contributed by atoms with van der Waals surface area (Å²) in [7, 11) is 0. The molecule has 25 heavy (non-hydrogen) atoms. The van der Waals surface area contributed by atoms with Gasteiger partial charge in [0.05, 0.1) is 6.61 Å². The van der Waals surface area contributed by atoms with E-state index in [0.29, 0.717) is 12.4 Å². The normalized spacial score (nSPS) is 17.4. The molecule has 1 heterocycles. The Labute approximate surface area is 150 Å². The van der Waals surface area contributed by atoms with Crippen molar-refractivity contribution in [1.82, 2.24) is 10.2 Å². The minimum Gasteiger partial charge on any atom is -0.490 e. The van der Waals surface area contributed by atoms with Crippen LogP contribution in [0.15, 0.2) is 18.2 Å². The van der Waals surface area contributed by atoms with Crippen LogP contribution in [0.3, 0.4) is 0 Å². The second kappa shape index (κ2) is 9.09. The number of nitrogens with zero attached hydrogens (tertiary/aromatic N) is 1. The van der Waals surface area contributed by atoms with E-state index < -0.39 is 0 Å². The zero-order chi connectivity index (χ0) is 17.5. The van der Waals surface area contributed by atoms with Crippen molar-refractivity contribution in [2.45, 2.75) is 45.6 Å². The van der Waals surface area contributed by atoms with Crippen molar-refractivity contribution in [2.24, 2.45) is 5.92 Å². The van der Waals surface area contributed by atoms with Gasteiger partial charge in [0.2, 0.25) is 0 Å². The number of carbonyl (C=O) groups excluding carboxylic acids is 1. The summed E-state index contributed by atoms with van der Waals surface area (Å²) in [6, 6.07) is 5.98. The number of nitrogens with one attached hydrogen (secondary N) is 1. The molecule has 5 heteroatoms. The molecule has 1 aliphatic heterocycles. The maximum absolute atomic E-state index is 12.3. The molecule has 0 bridgehead atoms. The lowest BCUT2D eigenvalue weighted by Crippen LogP contribution is -2.38. The van der Waals surface area contributed by atoms with E-state index in [9.17, 15) is 4.79 Å². The van der Waals surface area contributed by atoms with Crippen LogP contribution >= 0.6 is 0 Å². The zero-order valence-electron chi connectivity index (χ0n) is 15.3. The van der Waals surface area contributed by atoms with Crippen LogP contribution in [-0.2, 0) is 11.3 Å². The van der Waals surface area contributed by atoms with Gasteiger partial charge in [-0.15, -0.1) is 0 Å². The molecule has 2 fully saturated rings.